The lowest BCUT2D eigenvalue weighted by Crippen LogP contribution is -2.33. The van der Waals surface area contributed by atoms with E-state index in [0.717, 1.165) is 5.56 Å². The Kier molecular flexibility index (Phi) is 6.49. The molecule has 0 saturated carbocycles. The summed E-state index contributed by atoms with van der Waals surface area (Å²) in [6, 6.07) is 18.6. The first-order chi connectivity index (χ1) is 16.1. The van der Waals surface area contributed by atoms with Crippen LogP contribution < -0.4 is 20.1 Å². The summed E-state index contributed by atoms with van der Waals surface area (Å²) in [6.07, 6.45) is 0. The standard InChI is InChI=1S/C24H21FN4O4/c1-31-19-13-12-18(14-20(19)32-2)26-24(30)27-21(15-8-10-17(25)11-9-15)23-29-28-22(33-23)16-6-4-3-5-7-16/h3-14,21H,1-2H3,(H2,26,27,30). The van der Waals surface area contributed by atoms with E-state index in [2.05, 4.69) is 20.8 Å². The summed E-state index contributed by atoms with van der Waals surface area (Å²) in [6.45, 7) is 0. The van der Waals surface area contributed by atoms with Crippen molar-refractivity contribution in [3.05, 3.63) is 90.1 Å². The number of rotatable bonds is 7. The Morgan fingerprint density at radius 1 is 0.939 bits per heavy atom. The van der Waals surface area contributed by atoms with Gasteiger partial charge in [-0.25, -0.2) is 9.18 Å². The van der Waals surface area contributed by atoms with Crippen LogP contribution in [0.4, 0.5) is 14.9 Å². The van der Waals surface area contributed by atoms with Crippen molar-refractivity contribution in [2.45, 2.75) is 6.04 Å². The van der Waals surface area contributed by atoms with Crippen molar-refractivity contribution in [3.63, 3.8) is 0 Å². The third-order valence-electron chi connectivity index (χ3n) is 4.83. The second-order valence-electron chi connectivity index (χ2n) is 6.96. The molecule has 0 bridgehead atoms. The Balaban J connectivity index is 1.59. The quantitative estimate of drug-likeness (QED) is 0.421. The molecule has 0 spiro atoms. The van der Waals surface area contributed by atoms with Crippen molar-refractivity contribution >= 4 is 11.7 Å². The molecule has 1 heterocycles. The molecular weight excluding hydrogens is 427 g/mol. The predicted octanol–water partition coefficient (Wildman–Crippen LogP) is 4.80. The minimum absolute atomic E-state index is 0.155. The van der Waals surface area contributed by atoms with Gasteiger partial charge in [-0.1, -0.05) is 30.3 Å². The highest BCUT2D eigenvalue weighted by atomic mass is 19.1. The second kappa shape index (κ2) is 9.82. The first kappa shape index (κ1) is 21.8. The molecule has 8 nitrogen and oxygen atoms in total. The van der Waals surface area contributed by atoms with Gasteiger partial charge >= 0.3 is 6.03 Å². The van der Waals surface area contributed by atoms with Crippen LogP contribution in [0.5, 0.6) is 11.5 Å². The van der Waals surface area contributed by atoms with Crippen LogP contribution in [0.2, 0.25) is 0 Å². The van der Waals surface area contributed by atoms with Crippen LogP contribution in [-0.2, 0) is 0 Å². The van der Waals surface area contributed by atoms with Gasteiger partial charge in [-0.05, 0) is 42.0 Å². The number of aromatic nitrogens is 2. The zero-order chi connectivity index (χ0) is 23.2. The van der Waals surface area contributed by atoms with Crippen molar-refractivity contribution in [1.82, 2.24) is 15.5 Å². The largest absolute Gasteiger partial charge is 0.493 e. The van der Waals surface area contributed by atoms with E-state index in [1.807, 2.05) is 30.3 Å². The molecule has 2 amide bonds. The van der Waals surface area contributed by atoms with Crippen LogP contribution >= 0.6 is 0 Å². The van der Waals surface area contributed by atoms with Gasteiger partial charge in [0.15, 0.2) is 11.5 Å². The molecule has 1 unspecified atom stereocenters. The van der Waals surface area contributed by atoms with Gasteiger partial charge in [-0.2, -0.15) is 0 Å². The van der Waals surface area contributed by atoms with E-state index >= 15 is 0 Å². The van der Waals surface area contributed by atoms with E-state index in [1.54, 1.807) is 30.3 Å². The Morgan fingerprint density at radius 3 is 2.36 bits per heavy atom. The topological polar surface area (TPSA) is 98.5 Å². The smallest absolute Gasteiger partial charge is 0.320 e. The lowest BCUT2D eigenvalue weighted by atomic mass is 10.1. The fourth-order valence-electron chi connectivity index (χ4n) is 3.20. The molecule has 33 heavy (non-hydrogen) atoms. The summed E-state index contributed by atoms with van der Waals surface area (Å²) in [7, 11) is 3.03. The molecule has 0 aliphatic carbocycles. The van der Waals surface area contributed by atoms with E-state index in [-0.39, 0.29) is 5.89 Å². The highest BCUT2D eigenvalue weighted by molar-refractivity contribution is 5.90. The molecule has 9 heteroatoms. The predicted molar refractivity (Wildman–Crippen MR) is 120 cm³/mol. The highest BCUT2D eigenvalue weighted by Gasteiger charge is 2.24. The normalized spacial score (nSPS) is 11.5. The number of anilines is 1. The van der Waals surface area contributed by atoms with E-state index in [1.165, 1.54) is 26.4 Å². The van der Waals surface area contributed by atoms with Crippen LogP contribution in [0.15, 0.2) is 77.2 Å². The summed E-state index contributed by atoms with van der Waals surface area (Å²) >= 11 is 0. The van der Waals surface area contributed by atoms with Gasteiger partial charge in [0.2, 0.25) is 11.8 Å². The average molecular weight is 448 g/mol. The van der Waals surface area contributed by atoms with Gasteiger partial charge in [0, 0.05) is 17.3 Å². The fraction of sp³-hybridized carbons (Fsp3) is 0.125. The molecule has 0 aliphatic heterocycles. The molecule has 0 fully saturated rings. The number of carbonyl (C=O) groups excluding carboxylic acids is 1. The average Bonchev–Trinajstić information content (AvgIpc) is 3.34. The molecule has 4 aromatic rings. The van der Waals surface area contributed by atoms with Gasteiger partial charge in [0.05, 0.1) is 14.2 Å². The van der Waals surface area contributed by atoms with Crippen molar-refractivity contribution in [3.8, 4) is 23.0 Å². The Bertz CT molecular complexity index is 1230. The Hall–Kier alpha value is -4.40. The monoisotopic (exact) mass is 448 g/mol. The first-order valence-electron chi connectivity index (χ1n) is 10.0. The molecule has 0 saturated heterocycles. The van der Waals surface area contributed by atoms with Gasteiger partial charge in [-0.3, -0.25) is 0 Å². The number of halogens is 1. The van der Waals surface area contributed by atoms with Crippen molar-refractivity contribution in [2.75, 3.05) is 19.5 Å². The lowest BCUT2D eigenvalue weighted by Gasteiger charge is -2.17. The molecule has 168 valence electrons. The van der Waals surface area contributed by atoms with E-state index < -0.39 is 17.9 Å². The number of amides is 2. The van der Waals surface area contributed by atoms with Crippen LogP contribution in [0.25, 0.3) is 11.5 Å². The number of urea groups is 1. The maximum Gasteiger partial charge on any atom is 0.320 e. The van der Waals surface area contributed by atoms with Crippen LogP contribution in [-0.4, -0.2) is 30.4 Å². The third-order valence-corrected chi connectivity index (χ3v) is 4.83. The number of hydrogen-bond acceptors (Lipinski definition) is 6. The second-order valence-corrected chi connectivity index (χ2v) is 6.96. The van der Waals surface area contributed by atoms with Crippen LogP contribution in [0.1, 0.15) is 17.5 Å². The molecule has 2 N–H and O–H groups in total. The van der Waals surface area contributed by atoms with Crippen LogP contribution in [0, 0.1) is 5.82 Å². The molecule has 3 aromatic carbocycles. The summed E-state index contributed by atoms with van der Waals surface area (Å²) in [4.78, 5) is 12.8. The minimum Gasteiger partial charge on any atom is -0.493 e. The molecule has 4 rings (SSSR count). The molecule has 1 aromatic heterocycles. The zero-order valence-electron chi connectivity index (χ0n) is 17.9. The van der Waals surface area contributed by atoms with Gasteiger partial charge < -0.3 is 24.5 Å². The summed E-state index contributed by atoms with van der Waals surface area (Å²) in [5, 5.41) is 13.7. The summed E-state index contributed by atoms with van der Waals surface area (Å²) in [5.41, 5.74) is 1.80. The Morgan fingerprint density at radius 2 is 1.67 bits per heavy atom. The van der Waals surface area contributed by atoms with Crippen LogP contribution in [0.3, 0.4) is 0 Å². The number of methoxy groups -OCH3 is 2. The number of nitrogens with zero attached hydrogens (tertiary/aromatic N) is 2. The summed E-state index contributed by atoms with van der Waals surface area (Å²) in [5.74, 6) is 1.06. The number of ether oxygens (including phenoxy) is 2. The highest BCUT2D eigenvalue weighted by Crippen LogP contribution is 2.30. The maximum absolute atomic E-state index is 13.5. The van der Waals surface area contributed by atoms with Gasteiger partial charge in [-0.15, -0.1) is 10.2 Å². The zero-order valence-corrected chi connectivity index (χ0v) is 17.9. The minimum atomic E-state index is -0.810. The van der Waals surface area contributed by atoms with Crippen molar-refractivity contribution in [1.29, 1.82) is 0 Å². The number of hydrogen-bond donors (Lipinski definition) is 2. The molecule has 0 aliphatic rings. The van der Waals surface area contributed by atoms with E-state index in [4.69, 9.17) is 13.9 Å². The van der Waals surface area contributed by atoms with Gasteiger partial charge in [0.25, 0.3) is 0 Å². The Labute approximate surface area is 189 Å². The van der Waals surface area contributed by atoms with E-state index in [0.29, 0.717) is 28.6 Å². The summed E-state index contributed by atoms with van der Waals surface area (Å²) < 4.78 is 29.8. The van der Waals surface area contributed by atoms with Crippen molar-refractivity contribution in [2.24, 2.45) is 0 Å². The molecule has 0 radical (unpaired) electrons. The van der Waals surface area contributed by atoms with E-state index in [9.17, 15) is 9.18 Å². The fourth-order valence-corrected chi connectivity index (χ4v) is 3.20. The molecular formula is C24H21FN4O4. The third kappa shape index (κ3) is 5.09. The molecule has 1 atom stereocenters. The number of benzene rings is 3. The van der Waals surface area contributed by atoms with Crippen molar-refractivity contribution < 1.29 is 23.1 Å². The van der Waals surface area contributed by atoms with Gasteiger partial charge in [0.1, 0.15) is 11.9 Å². The number of nitrogens with one attached hydrogen (secondary N) is 2. The lowest BCUT2D eigenvalue weighted by molar-refractivity contribution is 0.248. The SMILES string of the molecule is COc1ccc(NC(=O)NC(c2ccc(F)cc2)c2nnc(-c3ccccc3)o2)cc1OC. The maximum atomic E-state index is 13.5. The first-order valence-corrected chi connectivity index (χ1v) is 10.0. The number of carbonyl (C=O) groups is 1.